The fraction of sp³-hybridized carbons (Fsp3) is 0.364. The van der Waals surface area contributed by atoms with Gasteiger partial charge in [-0.2, -0.15) is 0 Å². The number of amides is 3. The van der Waals surface area contributed by atoms with Crippen molar-refractivity contribution < 1.29 is 19.1 Å². The highest BCUT2D eigenvalue weighted by Crippen LogP contribution is 2.22. The van der Waals surface area contributed by atoms with Crippen molar-refractivity contribution in [3.63, 3.8) is 0 Å². The van der Waals surface area contributed by atoms with E-state index in [9.17, 15) is 14.4 Å². The van der Waals surface area contributed by atoms with Crippen molar-refractivity contribution in [2.45, 2.75) is 40.2 Å². The van der Waals surface area contributed by atoms with Crippen LogP contribution in [0.4, 0.5) is 0 Å². The van der Waals surface area contributed by atoms with E-state index in [1.165, 1.54) is 18.6 Å². The Morgan fingerprint density at radius 3 is 2.60 bits per heavy atom. The number of nitrogens with zero attached hydrogens (tertiary/aromatic N) is 3. The molecule has 3 rings (SSSR count). The highest BCUT2D eigenvalue weighted by atomic mass is 16.5. The van der Waals surface area contributed by atoms with Gasteiger partial charge < -0.3 is 14.6 Å². The van der Waals surface area contributed by atoms with Crippen LogP contribution in [0.1, 0.15) is 43.6 Å². The minimum absolute atomic E-state index is 0.0458. The molecule has 158 valence electrons. The van der Waals surface area contributed by atoms with Crippen LogP contribution in [0.15, 0.2) is 36.3 Å². The summed E-state index contributed by atoms with van der Waals surface area (Å²) in [4.78, 5) is 41.4. The van der Waals surface area contributed by atoms with Gasteiger partial charge in [-0.05, 0) is 31.1 Å². The summed E-state index contributed by atoms with van der Waals surface area (Å²) in [7, 11) is 0. The maximum absolute atomic E-state index is 12.5. The molecule has 0 spiro atoms. The zero-order valence-electron chi connectivity index (χ0n) is 17.6. The summed E-state index contributed by atoms with van der Waals surface area (Å²) in [5.41, 5.74) is 2.71. The summed E-state index contributed by atoms with van der Waals surface area (Å²) < 4.78 is 7.79. The molecule has 0 aliphatic carbocycles. The van der Waals surface area contributed by atoms with Crippen LogP contribution in [0, 0.1) is 6.92 Å². The first-order valence-corrected chi connectivity index (χ1v) is 9.84. The molecule has 2 aromatic rings. The highest BCUT2D eigenvalue weighted by molar-refractivity contribution is 6.12. The second-order valence-electron chi connectivity index (χ2n) is 7.54. The van der Waals surface area contributed by atoms with Crippen LogP contribution in [0.25, 0.3) is 6.08 Å². The molecule has 8 nitrogen and oxygen atoms in total. The maximum atomic E-state index is 12.5. The molecule has 1 fully saturated rings. The molecule has 0 bridgehead atoms. The quantitative estimate of drug-likeness (QED) is 0.737. The van der Waals surface area contributed by atoms with Gasteiger partial charge in [0.1, 0.15) is 24.6 Å². The van der Waals surface area contributed by atoms with E-state index in [1.54, 1.807) is 6.33 Å². The number of benzene rings is 1. The Morgan fingerprint density at radius 2 is 1.97 bits per heavy atom. The Bertz CT molecular complexity index is 989. The van der Waals surface area contributed by atoms with E-state index >= 15 is 0 Å². The molecule has 30 heavy (non-hydrogen) atoms. The number of aryl methyl sites for hydroxylation is 1. The lowest BCUT2D eigenvalue weighted by molar-refractivity contribution is -0.147. The highest BCUT2D eigenvalue weighted by Gasteiger charge is 2.31. The van der Waals surface area contributed by atoms with Gasteiger partial charge in [-0.15, -0.1) is 0 Å². The Kier molecular flexibility index (Phi) is 6.34. The van der Waals surface area contributed by atoms with Crippen molar-refractivity contribution in [1.29, 1.82) is 0 Å². The van der Waals surface area contributed by atoms with Gasteiger partial charge in [-0.1, -0.05) is 31.5 Å². The van der Waals surface area contributed by atoms with Gasteiger partial charge in [0.2, 0.25) is 11.8 Å². The van der Waals surface area contributed by atoms with Gasteiger partial charge in [0.15, 0.2) is 0 Å². The standard InChI is InChI=1S/C22H26N4O4/c1-14(2)21-18(11-19-22(29)26(16(4)27)12-20(28)24-19)23-13-25(21)9-10-30-17-7-5-15(3)6-8-17/h5-8,11,13-14H,9-10,12H2,1-4H3,(H,24,28)/b19-11-. The van der Waals surface area contributed by atoms with Crippen LogP contribution in [0.3, 0.4) is 0 Å². The van der Waals surface area contributed by atoms with Gasteiger partial charge in [0.05, 0.1) is 18.6 Å². The summed E-state index contributed by atoms with van der Waals surface area (Å²) in [6.45, 7) is 8.11. The summed E-state index contributed by atoms with van der Waals surface area (Å²) in [5, 5.41) is 2.55. The minimum Gasteiger partial charge on any atom is -0.492 e. The zero-order chi connectivity index (χ0) is 21.8. The predicted octanol–water partition coefficient (Wildman–Crippen LogP) is 2.24. The molecule has 3 amide bonds. The van der Waals surface area contributed by atoms with Gasteiger partial charge in [0, 0.05) is 12.6 Å². The third kappa shape index (κ3) is 4.76. The third-order valence-corrected chi connectivity index (χ3v) is 4.79. The first-order chi connectivity index (χ1) is 14.3. The maximum Gasteiger partial charge on any atom is 0.277 e. The molecule has 0 atom stereocenters. The largest absolute Gasteiger partial charge is 0.492 e. The van der Waals surface area contributed by atoms with Gasteiger partial charge >= 0.3 is 0 Å². The number of aromatic nitrogens is 2. The zero-order valence-corrected chi connectivity index (χ0v) is 17.6. The van der Waals surface area contributed by atoms with E-state index in [2.05, 4.69) is 10.3 Å². The number of imide groups is 1. The number of carbonyl (C=O) groups is 3. The predicted molar refractivity (Wildman–Crippen MR) is 112 cm³/mol. The average molecular weight is 410 g/mol. The Hall–Kier alpha value is -3.42. The first kappa shape index (κ1) is 21.3. The number of ether oxygens (including phenoxy) is 1. The summed E-state index contributed by atoms with van der Waals surface area (Å²) in [5.74, 6) is -0.489. The van der Waals surface area contributed by atoms with Crippen LogP contribution in [-0.2, 0) is 20.9 Å². The lowest BCUT2D eigenvalue weighted by atomic mass is 10.1. The SMILES string of the molecule is CC(=O)N1CC(=O)N/C(=C\c2ncn(CCOc3ccc(C)cc3)c2C(C)C)C1=O. The topological polar surface area (TPSA) is 93.5 Å². The number of rotatable bonds is 6. The number of carbonyl (C=O) groups excluding carboxylic acids is 3. The molecule has 8 heteroatoms. The first-order valence-electron chi connectivity index (χ1n) is 9.84. The molecule has 1 N–H and O–H groups in total. The molecular formula is C22H26N4O4. The van der Waals surface area contributed by atoms with Crippen molar-refractivity contribution in [1.82, 2.24) is 19.8 Å². The number of piperazine rings is 1. The van der Waals surface area contributed by atoms with Crippen molar-refractivity contribution in [3.8, 4) is 5.75 Å². The lowest BCUT2D eigenvalue weighted by Crippen LogP contribution is -2.51. The molecule has 0 radical (unpaired) electrons. The van der Waals surface area contributed by atoms with E-state index in [0.717, 1.165) is 16.3 Å². The fourth-order valence-corrected chi connectivity index (χ4v) is 3.31. The van der Waals surface area contributed by atoms with E-state index in [4.69, 9.17) is 4.74 Å². The van der Waals surface area contributed by atoms with Crippen molar-refractivity contribution in [3.05, 3.63) is 53.2 Å². The monoisotopic (exact) mass is 410 g/mol. The Labute approximate surface area is 175 Å². The summed E-state index contributed by atoms with van der Waals surface area (Å²) in [6.07, 6.45) is 3.22. The van der Waals surface area contributed by atoms with Crippen LogP contribution in [0.5, 0.6) is 5.75 Å². The number of hydrogen-bond donors (Lipinski definition) is 1. The molecule has 1 aromatic heterocycles. The molecule has 0 unspecified atom stereocenters. The second kappa shape index (κ2) is 8.94. The van der Waals surface area contributed by atoms with E-state index in [-0.39, 0.29) is 18.2 Å². The Balaban J connectivity index is 1.79. The van der Waals surface area contributed by atoms with Crippen LogP contribution >= 0.6 is 0 Å². The molecular weight excluding hydrogens is 384 g/mol. The van der Waals surface area contributed by atoms with E-state index < -0.39 is 17.7 Å². The van der Waals surface area contributed by atoms with Crippen molar-refractivity contribution >= 4 is 23.8 Å². The van der Waals surface area contributed by atoms with Crippen LogP contribution in [0.2, 0.25) is 0 Å². The Morgan fingerprint density at radius 1 is 1.27 bits per heavy atom. The summed E-state index contributed by atoms with van der Waals surface area (Å²) >= 11 is 0. The second-order valence-corrected chi connectivity index (χ2v) is 7.54. The fourth-order valence-electron chi connectivity index (χ4n) is 3.31. The van der Waals surface area contributed by atoms with E-state index in [1.807, 2.05) is 49.6 Å². The lowest BCUT2D eigenvalue weighted by Gasteiger charge is -2.25. The number of imidazole rings is 1. The van der Waals surface area contributed by atoms with Gasteiger partial charge in [-0.3, -0.25) is 19.3 Å². The smallest absolute Gasteiger partial charge is 0.277 e. The molecule has 0 saturated carbocycles. The van der Waals surface area contributed by atoms with Crippen LogP contribution < -0.4 is 10.1 Å². The van der Waals surface area contributed by atoms with E-state index in [0.29, 0.717) is 18.8 Å². The number of nitrogens with one attached hydrogen (secondary N) is 1. The van der Waals surface area contributed by atoms with Crippen LogP contribution in [-0.4, -0.2) is 45.3 Å². The molecule has 1 aromatic carbocycles. The molecule has 2 heterocycles. The molecule has 1 aliphatic rings. The molecule has 1 saturated heterocycles. The third-order valence-electron chi connectivity index (χ3n) is 4.79. The number of hydrogen-bond acceptors (Lipinski definition) is 5. The summed E-state index contributed by atoms with van der Waals surface area (Å²) in [6, 6.07) is 7.85. The molecule has 1 aliphatic heterocycles. The average Bonchev–Trinajstić information content (AvgIpc) is 3.08. The minimum atomic E-state index is -0.533. The normalized spacial score (nSPS) is 15.6. The van der Waals surface area contributed by atoms with Gasteiger partial charge in [-0.25, -0.2) is 4.98 Å². The van der Waals surface area contributed by atoms with Crippen molar-refractivity contribution in [2.24, 2.45) is 0 Å². The van der Waals surface area contributed by atoms with Crippen molar-refractivity contribution in [2.75, 3.05) is 13.2 Å². The van der Waals surface area contributed by atoms with Gasteiger partial charge in [0.25, 0.3) is 5.91 Å².